The number of benzene rings is 1. The van der Waals surface area contributed by atoms with Gasteiger partial charge in [0, 0.05) is 17.8 Å². The van der Waals surface area contributed by atoms with Crippen molar-refractivity contribution in [2.75, 3.05) is 11.9 Å². The van der Waals surface area contributed by atoms with E-state index in [-0.39, 0.29) is 5.54 Å². The van der Waals surface area contributed by atoms with E-state index in [1.165, 1.54) is 37.8 Å². The van der Waals surface area contributed by atoms with Gasteiger partial charge in [-0.3, -0.25) is 0 Å². The minimum atomic E-state index is 0.110. The zero-order valence-electron chi connectivity index (χ0n) is 12.4. The number of nitrogens with two attached hydrogens (primary N) is 1. The Kier molecular flexibility index (Phi) is 4.87. The van der Waals surface area contributed by atoms with E-state index in [4.69, 9.17) is 5.73 Å². The summed E-state index contributed by atoms with van der Waals surface area (Å²) in [6.45, 7) is 5.38. The highest BCUT2D eigenvalue weighted by atomic mass is 15.0. The summed E-state index contributed by atoms with van der Waals surface area (Å²) in [6, 6.07) is 10.5. The Balaban J connectivity index is 2.04. The van der Waals surface area contributed by atoms with E-state index in [9.17, 15) is 0 Å². The molecule has 0 heterocycles. The van der Waals surface area contributed by atoms with Crippen LogP contribution in [0.3, 0.4) is 0 Å². The van der Waals surface area contributed by atoms with Gasteiger partial charge in [0.15, 0.2) is 0 Å². The Morgan fingerprint density at radius 1 is 1.32 bits per heavy atom. The lowest BCUT2D eigenvalue weighted by Gasteiger charge is -2.42. The SMILES string of the molecule is CC(C)CC1CCCC(CN)(Nc2ccccc2)C1. The number of rotatable bonds is 5. The van der Waals surface area contributed by atoms with Crippen molar-refractivity contribution in [3.05, 3.63) is 30.3 Å². The van der Waals surface area contributed by atoms with Crippen molar-refractivity contribution in [2.24, 2.45) is 17.6 Å². The maximum atomic E-state index is 6.12. The van der Waals surface area contributed by atoms with Gasteiger partial charge in [0.1, 0.15) is 0 Å². The van der Waals surface area contributed by atoms with Gasteiger partial charge in [-0.1, -0.05) is 44.9 Å². The van der Waals surface area contributed by atoms with Gasteiger partial charge in [-0.15, -0.1) is 0 Å². The summed E-state index contributed by atoms with van der Waals surface area (Å²) in [5.41, 5.74) is 7.43. The highest BCUT2D eigenvalue weighted by Crippen LogP contribution is 2.37. The molecule has 0 spiro atoms. The summed E-state index contributed by atoms with van der Waals surface area (Å²) in [6.07, 6.45) is 6.42. The predicted molar refractivity (Wildman–Crippen MR) is 83.3 cm³/mol. The smallest absolute Gasteiger partial charge is 0.0498 e. The number of hydrogen-bond donors (Lipinski definition) is 2. The third kappa shape index (κ3) is 3.97. The maximum absolute atomic E-state index is 6.12. The van der Waals surface area contributed by atoms with Crippen molar-refractivity contribution in [2.45, 2.75) is 51.5 Å². The zero-order chi connectivity index (χ0) is 13.7. The number of hydrogen-bond acceptors (Lipinski definition) is 2. The van der Waals surface area contributed by atoms with Crippen LogP contribution in [0.1, 0.15) is 46.0 Å². The summed E-state index contributed by atoms with van der Waals surface area (Å²) in [5, 5.41) is 3.72. The first-order valence-corrected chi connectivity index (χ1v) is 7.67. The van der Waals surface area contributed by atoms with Gasteiger partial charge in [-0.2, -0.15) is 0 Å². The summed E-state index contributed by atoms with van der Waals surface area (Å²) in [7, 11) is 0. The van der Waals surface area contributed by atoms with E-state index in [2.05, 4.69) is 49.5 Å². The van der Waals surface area contributed by atoms with Crippen LogP contribution in [0.5, 0.6) is 0 Å². The second-order valence-electron chi connectivity index (χ2n) is 6.57. The highest BCUT2D eigenvalue weighted by molar-refractivity contribution is 5.45. The van der Waals surface area contributed by atoms with Crippen LogP contribution in [-0.4, -0.2) is 12.1 Å². The Bertz CT molecular complexity index is 374. The molecule has 0 amide bonds. The van der Waals surface area contributed by atoms with Crippen LogP contribution >= 0.6 is 0 Å². The van der Waals surface area contributed by atoms with Crippen LogP contribution < -0.4 is 11.1 Å². The van der Waals surface area contributed by atoms with E-state index in [0.717, 1.165) is 18.4 Å². The minimum Gasteiger partial charge on any atom is -0.378 e. The van der Waals surface area contributed by atoms with Gasteiger partial charge in [0.05, 0.1) is 0 Å². The van der Waals surface area contributed by atoms with Crippen LogP contribution in [-0.2, 0) is 0 Å². The van der Waals surface area contributed by atoms with Crippen molar-refractivity contribution in [3.63, 3.8) is 0 Å². The summed E-state index contributed by atoms with van der Waals surface area (Å²) < 4.78 is 0. The topological polar surface area (TPSA) is 38.0 Å². The average molecular weight is 260 g/mol. The highest BCUT2D eigenvalue weighted by Gasteiger charge is 2.35. The maximum Gasteiger partial charge on any atom is 0.0498 e. The summed E-state index contributed by atoms with van der Waals surface area (Å²) in [5.74, 6) is 1.61. The third-order valence-corrected chi connectivity index (χ3v) is 4.33. The van der Waals surface area contributed by atoms with E-state index < -0.39 is 0 Å². The molecular formula is C17H28N2. The zero-order valence-corrected chi connectivity index (χ0v) is 12.4. The van der Waals surface area contributed by atoms with Crippen molar-refractivity contribution in [1.29, 1.82) is 0 Å². The van der Waals surface area contributed by atoms with Gasteiger partial charge in [0.2, 0.25) is 0 Å². The van der Waals surface area contributed by atoms with Crippen molar-refractivity contribution >= 4 is 5.69 Å². The molecule has 1 aliphatic rings. The molecule has 106 valence electrons. The molecule has 2 atom stereocenters. The van der Waals surface area contributed by atoms with Gasteiger partial charge in [-0.25, -0.2) is 0 Å². The van der Waals surface area contributed by atoms with Gasteiger partial charge in [-0.05, 0) is 43.2 Å². The number of nitrogens with one attached hydrogen (secondary N) is 1. The normalized spacial score (nSPS) is 27.5. The minimum absolute atomic E-state index is 0.110. The molecule has 0 saturated heterocycles. The molecule has 1 aromatic rings. The van der Waals surface area contributed by atoms with Crippen molar-refractivity contribution in [1.82, 2.24) is 0 Å². The first kappa shape index (κ1) is 14.4. The Morgan fingerprint density at radius 3 is 2.68 bits per heavy atom. The van der Waals surface area contributed by atoms with E-state index in [1.807, 2.05) is 0 Å². The van der Waals surface area contributed by atoms with Crippen molar-refractivity contribution < 1.29 is 0 Å². The fourth-order valence-electron chi connectivity index (χ4n) is 3.53. The third-order valence-electron chi connectivity index (χ3n) is 4.33. The molecule has 1 aliphatic carbocycles. The first-order valence-electron chi connectivity index (χ1n) is 7.67. The molecule has 2 unspecified atom stereocenters. The lowest BCUT2D eigenvalue weighted by atomic mass is 9.73. The lowest BCUT2D eigenvalue weighted by molar-refractivity contribution is 0.223. The summed E-state index contributed by atoms with van der Waals surface area (Å²) in [4.78, 5) is 0. The van der Waals surface area contributed by atoms with E-state index >= 15 is 0 Å². The predicted octanol–water partition coefficient (Wildman–Crippen LogP) is 4.03. The Hall–Kier alpha value is -1.02. The standard InChI is InChI=1S/C17H28N2/c1-14(2)11-15-7-6-10-17(12-15,13-18)19-16-8-4-3-5-9-16/h3-5,8-9,14-15,19H,6-7,10-13,18H2,1-2H3. The largest absolute Gasteiger partial charge is 0.378 e. The lowest BCUT2D eigenvalue weighted by Crippen LogP contribution is -2.49. The van der Waals surface area contributed by atoms with Crippen LogP contribution in [0.15, 0.2) is 30.3 Å². The first-order chi connectivity index (χ1) is 9.13. The molecule has 0 bridgehead atoms. The molecular weight excluding hydrogens is 232 g/mol. The Labute approximate surface area is 117 Å². The second-order valence-corrected chi connectivity index (χ2v) is 6.57. The molecule has 19 heavy (non-hydrogen) atoms. The van der Waals surface area contributed by atoms with Gasteiger partial charge < -0.3 is 11.1 Å². The molecule has 1 aromatic carbocycles. The fraction of sp³-hybridized carbons (Fsp3) is 0.647. The van der Waals surface area contributed by atoms with Gasteiger partial charge in [0.25, 0.3) is 0 Å². The second kappa shape index (κ2) is 6.42. The fourth-order valence-corrected chi connectivity index (χ4v) is 3.53. The molecule has 1 fully saturated rings. The van der Waals surface area contributed by atoms with E-state index in [1.54, 1.807) is 0 Å². The number of anilines is 1. The van der Waals surface area contributed by atoms with Crippen LogP contribution in [0.4, 0.5) is 5.69 Å². The van der Waals surface area contributed by atoms with Crippen LogP contribution in [0.2, 0.25) is 0 Å². The molecule has 0 aromatic heterocycles. The molecule has 0 aliphatic heterocycles. The van der Waals surface area contributed by atoms with Crippen molar-refractivity contribution in [3.8, 4) is 0 Å². The Morgan fingerprint density at radius 2 is 2.05 bits per heavy atom. The van der Waals surface area contributed by atoms with E-state index in [0.29, 0.717) is 0 Å². The van der Waals surface area contributed by atoms with Gasteiger partial charge >= 0.3 is 0 Å². The van der Waals surface area contributed by atoms with Crippen LogP contribution in [0, 0.1) is 11.8 Å². The monoisotopic (exact) mass is 260 g/mol. The quantitative estimate of drug-likeness (QED) is 0.838. The molecule has 3 N–H and O–H groups in total. The molecule has 0 radical (unpaired) electrons. The summed E-state index contributed by atoms with van der Waals surface area (Å²) >= 11 is 0. The average Bonchev–Trinajstić information content (AvgIpc) is 2.39. The molecule has 2 heteroatoms. The molecule has 2 rings (SSSR count). The molecule has 2 nitrogen and oxygen atoms in total. The van der Waals surface area contributed by atoms with Crippen LogP contribution in [0.25, 0.3) is 0 Å². The molecule has 1 saturated carbocycles. The number of para-hydroxylation sites is 1.